The van der Waals surface area contributed by atoms with Crippen LogP contribution in [0, 0.1) is 5.92 Å². The van der Waals surface area contributed by atoms with Gasteiger partial charge in [0.25, 0.3) is 0 Å². The van der Waals surface area contributed by atoms with Crippen molar-refractivity contribution in [3.63, 3.8) is 0 Å². The minimum absolute atomic E-state index is 0.758. The maximum Gasteiger partial charge on any atom is 0.134 e. The zero-order chi connectivity index (χ0) is 14.7. The van der Waals surface area contributed by atoms with Gasteiger partial charge >= 0.3 is 0 Å². The lowest BCUT2D eigenvalue weighted by Gasteiger charge is -2.03. The molecule has 108 valence electrons. The van der Waals surface area contributed by atoms with Crippen molar-refractivity contribution in [2.24, 2.45) is 10.9 Å². The molecule has 2 aromatic rings. The number of nitrogens with zero attached hydrogens (tertiary/aromatic N) is 2. The number of rotatable bonds is 5. The van der Waals surface area contributed by atoms with Gasteiger partial charge in [-0.25, -0.2) is 4.98 Å². The molecule has 4 heteroatoms. The Morgan fingerprint density at radius 1 is 1.33 bits per heavy atom. The lowest BCUT2D eigenvalue weighted by molar-refractivity contribution is 1.05. The molecule has 0 unspecified atom stereocenters. The summed E-state index contributed by atoms with van der Waals surface area (Å²) in [5.41, 5.74) is 2.35. The molecular weight excluding hydrogens is 296 g/mol. The van der Waals surface area contributed by atoms with E-state index in [0.29, 0.717) is 0 Å². The molecule has 1 aliphatic carbocycles. The Bertz CT molecular complexity index is 667. The van der Waals surface area contributed by atoms with Crippen LogP contribution in [-0.2, 0) is 0 Å². The molecule has 0 saturated heterocycles. The average Bonchev–Trinajstić information content (AvgIpc) is 3.24. The fourth-order valence-electron chi connectivity index (χ4n) is 2.25. The molecule has 0 atom stereocenters. The first-order valence-electron chi connectivity index (χ1n) is 7.08. The van der Waals surface area contributed by atoms with Gasteiger partial charge in [0.05, 0.1) is 11.1 Å². The Hall–Kier alpha value is -1.39. The van der Waals surface area contributed by atoms with E-state index in [2.05, 4.69) is 47.4 Å². The second kappa shape index (κ2) is 6.58. The Kier molecular flexibility index (Phi) is 4.56. The highest BCUT2D eigenvalue weighted by Crippen LogP contribution is 2.43. The van der Waals surface area contributed by atoms with Crippen LogP contribution in [-0.4, -0.2) is 17.5 Å². The van der Waals surface area contributed by atoms with Gasteiger partial charge < -0.3 is 0 Å². The topological polar surface area (TPSA) is 25.2 Å². The minimum atomic E-state index is 0.758. The summed E-state index contributed by atoms with van der Waals surface area (Å²) in [6, 6.07) is 10.4. The van der Waals surface area contributed by atoms with E-state index in [4.69, 9.17) is 0 Å². The average molecular weight is 314 g/mol. The van der Waals surface area contributed by atoms with Crippen molar-refractivity contribution in [3.05, 3.63) is 52.1 Å². The monoisotopic (exact) mass is 314 g/mol. The van der Waals surface area contributed by atoms with Crippen molar-refractivity contribution in [2.75, 3.05) is 6.26 Å². The van der Waals surface area contributed by atoms with E-state index in [-0.39, 0.29) is 0 Å². The smallest absolute Gasteiger partial charge is 0.134 e. The van der Waals surface area contributed by atoms with Crippen LogP contribution in [0.3, 0.4) is 0 Å². The maximum atomic E-state index is 4.62. The summed E-state index contributed by atoms with van der Waals surface area (Å²) in [6.07, 6.45) is 8.60. The molecular formula is C17H18N2S2. The summed E-state index contributed by atoms with van der Waals surface area (Å²) in [5.74, 6) is 0.758. The molecule has 1 fully saturated rings. The molecule has 1 aromatic heterocycles. The third kappa shape index (κ3) is 3.63. The largest absolute Gasteiger partial charge is 0.258 e. The molecule has 0 aliphatic heterocycles. The van der Waals surface area contributed by atoms with Gasteiger partial charge in [0, 0.05) is 16.8 Å². The first-order chi connectivity index (χ1) is 10.3. The second-order valence-electron chi connectivity index (χ2n) is 5.12. The second-order valence-corrected chi connectivity index (χ2v) is 7.03. The lowest BCUT2D eigenvalue weighted by atomic mass is 10.2. The highest BCUT2D eigenvalue weighted by atomic mass is 32.2. The van der Waals surface area contributed by atoms with Crippen LogP contribution in [0.4, 0.5) is 0 Å². The van der Waals surface area contributed by atoms with Crippen molar-refractivity contribution in [1.29, 1.82) is 0 Å². The summed E-state index contributed by atoms with van der Waals surface area (Å²) in [5, 5.41) is 0.962. The number of aliphatic imine (C=N–C) groups is 1. The molecule has 0 radical (unpaired) electrons. The van der Waals surface area contributed by atoms with E-state index in [1.165, 1.54) is 28.2 Å². The Balaban J connectivity index is 1.77. The van der Waals surface area contributed by atoms with Crippen molar-refractivity contribution < 1.29 is 0 Å². The maximum absolute atomic E-state index is 4.62. The van der Waals surface area contributed by atoms with E-state index >= 15 is 0 Å². The Labute approximate surface area is 134 Å². The van der Waals surface area contributed by atoms with E-state index < -0.39 is 0 Å². The molecule has 0 bridgehead atoms. The van der Waals surface area contributed by atoms with Gasteiger partial charge in [-0.1, -0.05) is 30.3 Å². The van der Waals surface area contributed by atoms with Crippen molar-refractivity contribution in [3.8, 4) is 10.4 Å². The number of allylic oxidation sites excluding steroid dienone is 2. The highest BCUT2D eigenvalue weighted by molar-refractivity contribution is 8.02. The van der Waals surface area contributed by atoms with Crippen molar-refractivity contribution in [1.82, 2.24) is 4.98 Å². The van der Waals surface area contributed by atoms with Gasteiger partial charge in [-0.3, -0.25) is 4.99 Å². The molecule has 3 rings (SSSR count). The molecule has 2 nitrogen and oxygen atoms in total. The van der Waals surface area contributed by atoms with Gasteiger partial charge in [0.15, 0.2) is 0 Å². The summed E-state index contributed by atoms with van der Waals surface area (Å²) in [7, 11) is 0. The van der Waals surface area contributed by atoms with Crippen LogP contribution < -0.4 is 0 Å². The third-order valence-corrected chi connectivity index (χ3v) is 5.52. The van der Waals surface area contributed by atoms with Crippen LogP contribution in [0.1, 0.15) is 24.8 Å². The van der Waals surface area contributed by atoms with Crippen LogP contribution in [0.2, 0.25) is 0 Å². The zero-order valence-corrected chi connectivity index (χ0v) is 13.9. The Morgan fingerprint density at radius 3 is 2.76 bits per heavy atom. The molecule has 1 heterocycles. The third-order valence-electron chi connectivity index (χ3n) is 3.48. The summed E-state index contributed by atoms with van der Waals surface area (Å²) >= 11 is 3.52. The normalized spacial score (nSPS) is 16.3. The quantitative estimate of drug-likeness (QED) is 0.706. The van der Waals surface area contributed by atoms with Crippen LogP contribution in [0.25, 0.3) is 10.4 Å². The SMILES string of the molecule is CS/C(=C(/C)N=Cc1ncc(-c2ccccc2)s1)C1CC1. The van der Waals surface area contributed by atoms with Gasteiger partial charge in [-0.05, 0) is 37.5 Å². The minimum Gasteiger partial charge on any atom is -0.258 e. The van der Waals surface area contributed by atoms with Crippen molar-refractivity contribution in [2.45, 2.75) is 19.8 Å². The summed E-state index contributed by atoms with van der Waals surface area (Å²) in [4.78, 5) is 11.7. The van der Waals surface area contributed by atoms with Crippen LogP contribution >= 0.6 is 23.1 Å². The number of thiazole rings is 1. The van der Waals surface area contributed by atoms with Gasteiger partial charge in [0.2, 0.25) is 0 Å². The predicted octanol–water partition coefficient (Wildman–Crippen LogP) is 5.23. The molecule has 21 heavy (non-hydrogen) atoms. The first-order valence-corrected chi connectivity index (χ1v) is 9.12. The molecule has 1 aromatic carbocycles. The molecule has 1 aliphatic rings. The Morgan fingerprint density at radius 2 is 2.10 bits per heavy atom. The van der Waals surface area contributed by atoms with E-state index in [1.807, 2.05) is 30.2 Å². The number of aromatic nitrogens is 1. The number of hydrogen-bond acceptors (Lipinski definition) is 4. The van der Waals surface area contributed by atoms with Gasteiger partial charge in [-0.2, -0.15) is 0 Å². The van der Waals surface area contributed by atoms with E-state index in [9.17, 15) is 0 Å². The highest BCUT2D eigenvalue weighted by Gasteiger charge is 2.26. The fourth-order valence-corrected chi connectivity index (χ4v) is 3.97. The van der Waals surface area contributed by atoms with Crippen LogP contribution in [0.15, 0.2) is 52.1 Å². The zero-order valence-electron chi connectivity index (χ0n) is 12.2. The van der Waals surface area contributed by atoms with Crippen LogP contribution in [0.5, 0.6) is 0 Å². The standard InChI is InChI=1S/C17H18N2S2/c1-12(17(20-2)14-8-9-14)18-11-16-19-10-15(21-16)13-6-4-3-5-7-13/h3-7,10-11,14H,8-9H2,1-2H3/b17-12-,18-11?. The number of hydrogen-bond donors (Lipinski definition) is 0. The van der Waals surface area contributed by atoms with Crippen molar-refractivity contribution >= 4 is 29.3 Å². The van der Waals surface area contributed by atoms with Gasteiger partial charge in [0.1, 0.15) is 5.01 Å². The number of benzene rings is 1. The molecule has 0 N–H and O–H groups in total. The fraction of sp³-hybridized carbons (Fsp3) is 0.294. The van der Waals surface area contributed by atoms with E-state index in [0.717, 1.165) is 16.6 Å². The summed E-state index contributed by atoms with van der Waals surface area (Å²) in [6.45, 7) is 2.10. The predicted molar refractivity (Wildman–Crippen MR) is 94.1 cm³/mol. The first kappa shape index (κ1) is 14.5. The van der Waals surface area contributed by atoms with Gasteiger partial charge in [-0.15, -0.1) is 23.1 Å². The molecule has 0 spiro atoms. The van der Waals surface area contributed by atoms with E-state index in [1.54, 1.807) is 11.3 Å². The summed E-state index contributed by atoms with van der Waals surface area (Å²) < 4.78 is 0. The molecule has 1 saturated carbocycles. The lowest BCUT2D eigenvalue weighted by Crippen LogP contribution is -1.86. The molecule has 0 amide bonds. The number of thioether (sulfide) groups is 1.